The number of aromatic carboxylic acids is 1. The highest BCUT2D eigenvalue weighted by Gasteiger charge is 2.20. The number of hydrogen-bond donors (Lipinski definition) is 1. The van der Waals surface area contributed by atoms with Crippen molar-refractivity contribution in [2.75, 3.05) is 0 Å². The molecule has 0 bridgehead atoms. The standard InChI is InChI=1S/C13H10ClNO3/c14-8-4-7-2-1-3-9(7)10(5-8)11-6-12(13(16)17)18-15-11/h4-6H,1-3H2,(H,16,17). The van der Waals surface area contributed by atoms with Gasteiger partial charge in [-0.05, 0) is 42.5 Å². The van der Waals surface area contributed by atoms with Crippen LogP contribution in [0.4, 0.5) is 0 Å². The monoisotopic (exact) mass is 263 g/mol. The number of carbonyl (C=O) groups is 1. The number of halogens is 1. The van der Waals surface area contributed by atoms with Crippen LogP contribution in [0.3, 0.4) is 0 Å². The van der Waals surface area contributed by atoms with Gasteiger partial charge in [0.15, 0.2) is 0 Å². The summed E-state index contributed by atoms with van der Waals surface area (Å²) in [5.74, 6) is -1.27. The Bertz CT molecular complexity index is 633. The molecule has 0 amide bonds. The van der Waals surface area contributed by atoms with Crippen molar-refractivity contribution in [1.29, 1.82) is 0 Å². The average Bonchev–Trinajstić information content (AvgIpc) is 2.95. The molecule has 0 radical (unpaired) electrons. The second-order valence-electron chi connectivity index (χ2n) is 4.33. The second kappa shape index (κ2) is 4.14. The van der Waals surface area contributed by atoms with E-state index in [9.17, 15) is 4.79 Å². The van der Waals surface area contributed by atoms with E-state index in [4.69, 9.17) is 21.2 Å². The second-order valence-corrected chi connectivity index (χ2v) is 4.76. The first kappa shape index (κ1) is 11.3. The molecule has 1 aromatic carbocycles. The molecule has 1 heterocycles. The first-order chi connectivity index (χ1) is 8.65. The summed E-state index contributed by atoms with van der Waals surface area (Å²) in [6, 6.07) is 5.22. The van der Waals surface area contributed by atoms with Crippen LogP contribution in [0.25, 0.3) is 11.3 Å². The van der Waals surface area contributed by atoms with E-state index in [2.05, 4.69) is 5.16 Å². The van der Waals surface area contributed by atoms with E-state index in [1.54, 1.807) is 0 Å². The minimum absolute atomic E-state index is 0.156. The molecule has 18 heavy (non-hydrogen) atoms. The van der Waals surface area contributed by atoms with Gasteiger partial charge < -0.3 is 9.63 Å². The average molecular weight is 264 g/mol. The highest BCUT2D eigenvalue weighted by Crippen LogP contribution is 2.34. The van der Waals surface area contributed by atoms with Gasteiger partial charge >= 0.3 is 5.97 Å². The molecule has 5 heteroatoms. The molecular weight excluding hydrogens is 254 g/mol. The third kappa shape index (κ3) is 1.78. The quantitative estimate of drug-likeness (QED) is 0.904. The maximum atomic E-state index is 10.8. The molecule has 1 aromatic heterocycles. The molecule has 1 N–H and O–H groups in total. The van der Waals surface area contributed by atoms with Gasteiger partial charge in [-0.15, -0.1) is 0 Å². The summed E-state index contributed by atoms with van der Waals surface area (Å²) in [4.78, 5) is 10.8. The van der Waals surface area contributed by atoms with E-state index >= 15 is 0 Å². The minimum atomic E-state index is -1.12. The molecule has 0 spiro atoms. The first-order valence-corrected chi connectivity index (χ1v) is 6.04. The lowest BCUT2D eigenvalue weighted by Gasteiger charge is -2.06. The van der Waals surface area contributed by atoms with Crippen LogP contribution >= 0.6 is 11.6 Å². The van der Waals surface area contributed by atoms with Gasteiger partial charge in [-0.25, -0.2) is 4.79 Å². The zero-order chi connectivity index (χ0) is 12.7. The lowest BCUT2D eigenvalue weighted by Crippen LogP contribution is -1.92. The van der Waals surface area contributed by atoms with Crippen molar-refractivity contribution in [3.05, 3.63) is 40.1 Å². The maximum absolute atomic E-state index is 10.8. The predicted molar refractivity (Wildman–Crippen MR) is 65.9 cm³/mol. The van der Waals surface area contributed by atoms with Crippen molar-refractivity contribution < 1.29 is 14.4 Å². The molecular formula is C13H10ClNO3. The number of benzene rings is 1. The Morgan fingerprint density at radius 2 is 2.17 bits per heavy atom. The molecule has 1 aliphatic rings. The molecule has 0 saturated heterocycles. The summed E-state index contributed by atoms with van der Waals surface area (Å²) in [6.07, 6.45) is 3.07. The van der Waals surface area contributed by atoms with Gasteiger partial charge in [0.25, 0.3) is 0 Å². The molecule has 0 unspecified atom stereocenters. The zero-order valence-electron chi connectivity index (χ0n) is 9.44. The number of carboxylic acids is 1. The lowest BCUT2D eigenvalue weighted by molar-refractivity contribution is 0.0652. The summed E-state index contributed by atoms with van der Waals surface area (Å²) in [5, 5.41) is 13.3. The van der Waals surface area contributed by atoms with Crippen LogP contribution in [-0.4, -0.2) is 16.2 Å². The van der Waals surface area contributed by atoms with Gasteiger partial charge in [-0.1, -0.05) is 16.8 Å². The Morgan fingerprint density at radius 1 is 1.33 bits per heavy atom. The maximum Gasteiger partial charge on any atom is 0.374 e. The summed E-state index contributed by atoms with van der Waals surface area (Å²) >= 11 is 6.07. The van der Waals surface area contributed by atoms with E-state index in [1.807, 2.05) is 12.1 Å². The zero-order valence-corrected chi connectivity index (χ0v) is 10.2. The summed E-state index contributed by atoms with van der Waals surface area (Å²) in [5.41, 5.74) is 3.83. The van der Waals surface area contributed by atoms with Crippen molar-refractivity contribution >= 4 is 17.6 Å². The summed E-state index contributed by atoms with van der Waals surface area (Å²) in [7, 11) is 0. The fourth-order valence-electron chi connectivity index (χ4n) is 2.40. The molecule has 4 nitrogen and oxygen atoms in total. The number of fused-ring (bicyclic) bond motifs is 1. The third-order valence-electron chi connectivity index (χ3n) is 3.18. The topological polar surface area (TPSA) is 63.3 Å². The first-order valence-electron chi connectivity index (χ1n) is 5.67. The van der Waals surface area contributed by atoms with Crippen LogP contribution in [0.5, 0.6) is 0 Å². The van der Waals surface area contributed by atoms with Crippen LogP contribution in [0.15, 0.2) is 22.7 Å². The van der Waals surface area contributed by atoms with Crippen LogP contribution in [0.2, 0.25) is 5.02 Å². The molecule has 0 saturated carbocycles. The molecule has 2 aromatic rings. The van der Waals surface area contributed by atoms with Gasteiger partial charge in [0.2, 0.25) is 5.76 Å². The Balaban J connectivity index is 2.13. The summed E-state index contributed by atoms with van der Waals surface area (Å²) < 4.78 is 4.79. The lowest BCUT2D eigenvalue weighted by atomic mass is 10.0. The van der Waals surface area contributed by atoms with Crippen molar-refractivity contribution in [2.45, 2.75) is 19.3 Å². The fraction of sp³-hybridized carbons (Fsp3) is 0.231. The highest BCUT2D eigenvalue weighted by atomic mass is 35.5. The number of aromatic nitrogens is 1. The van der Waals surface area contributed by atoms with Crippen molar-refractivity contribution in [2.24, 2.45) is 0 Å². The smallest absolute Gasteiger partial charge is 0.374 e. The Labute approximate surface area is 108 Å². The van der Waals surface area contributed by atoms with Gasteiger partial charge in [0.1, 0.15) is 5.69 Å². The minimum Gasteiger partial charge on any atom is -0.475 e. The Morgan fingerprint density at radius 3 is 2.89 bits per heavy atom. The Hall–Kier alpha value is -1.81. The van der Waals surface area contributed by atoms with E-state index in [1.165, 1.54) is 17.2 Å². The van der Waals surface area contributed by atoms with E-state index in [-0.39, 0.29) is 5.76 Å². The Kier molecular flexibility index (Phi) is 2.59. The van der Waals surface area contributed by atoms with Gasteiger partial charge in [0.05, 0.1) is 0 Å². The fourth-order valence-corrected chi connectivity index (χ4v) is 2.64. The van der Waals surface area contributed by atoms with Crippen molar-refractivity contribution in [1.82, 2.24) is 5.16 Å². The third-order valence-corrected chi connectivity index (χ3v) is 3.40. The molecule has 0 fully saturated rings. The number of nitrogens with zero attached hydrogens (tertiary/aromatic N) is 1. The van der Waals surface area contributed by atoms with Crippen LogP contribution < -0.4 is 0 Å². The molecule has 0 atom stereocenters. The van der Waals surface area contributed by atoms with Gasteiger partial charge in [-0.3, -0.25) is 0 Å². The van der Waals surface area contributed by atoms with Gasteiger partial charge in [-0.2, -0.15) is 0 Å². The van der Waals surface area contributed by atoms with E-state index < -0.39 is 5.97 Å². The highest BCUT2D eigenvalue weighted by molar-refractivity contribution is 6.31. The van der Waals surface area contributed by atoms with Gasteiger partial charge in [0, 0.05) is 16.7 Å². The molecule has 0 aliphatic heterocycles. The van der Waals surface area contributed by atoms with Crippen LogP contribution in [0, 0.1) is 0 Å². The summed E-state index contributed by atoms with van der Waals surface area (Å²) in [6.45, 7) is 0. The molecule has 3 rings (SSSR count). The largest absolute Gasteiger partial charge is 0.475 e. The predicted octanol–water partition coefficient (Wildman–Crippen LogP) is 3.18. The van der Waals surface area contributed by atoms with E-state index in [0.29, 0.717) is 10.7 Å². The van der Waals surface area contributed by atoms with Crippen LogP contribution in [0.1, 0.15) is 28.1 Å². The SMILES string of the molecule is O=C(O)c1cc(-c2cc(Cl)cc3c2CCC3)no1. The number of carboxylic acid groups (broad SMARTS) is 1. The normalized spacial score (nSPS) is 13.6. The molecule has 92 valence electrons. The van der Waals surface area contributed by atoms with E-state index in [0.717, 1.165) is 24.8 Å². The van der Waals surface area contributed by atoms with Crippen molar-refractivity contribution in [3.63, 3.8) is 0 Å². The number of aryl methyl sites for hydroxylation is 1. The van der Waals surface area contributed by atoms with Crippen LogP contribution in [-0.2, 0) is 12.8 Å². The number of rotatable bonds is 2. The van der Waals surface area contributed by atoms with Crippen molar-refractivity contribution in [3.8, 4) is 11.3 Å². The number of hydrogen-bond acceptors (Lipinski definition) is 3. The molecule has 1 aliphatic carbocycles.